The Morgan fingerprint density at radius 1 is 1.28 bits per heavy atom. The molecule has 2 aromatic heterocycles. The molecule has 0 spiro atoms. The molecular weight excluding hydrogens is 413 g/mol. The maximum Gasteiger partial charge on any atom is 0.320 e. The van der Waals surface area contributed by atoms with Crippen molar-refractivity contribution in [2.45, 2.75) is 32.2 Å². The fourth-order valence-corrected chi connectivity index (χ4v) is 3.79. The van der Waals surface area contributed by atoms with Gasteiger partial charge < -0.3 is 10.6 Å². The van der Waals surface area contributed by atoms with Crippen LogP contribution in [0.3, 0.4) is 0 Å². The van der Waals surface area contributed by atoms with Gasteiger partial charge in [0, 0.05) is 31.9 Å². The second-order valence-corrected chi connectivity index (χ2v) is 7.49. The zero-order valence-corrected chi connectivity index (χ0v) is 18.1. The molecule has 168 valence electrons. The fourth-order valence-electron chi connectivity index (χ4n) is 3.79. The molecule has 0 aliphatic carbocycles. The molecule has 2 aromatic rings. The van der Waals surface area contributed by atoms with E-state index in [0.29, 0.717) is 31.7 Å². The van der Waals surface area contributed by atoms with Crippen molar-refractivity contribution < 1.29 is 14.0 Å². The number of halogens is 1. The number of pyridine rings is 2. The van der Waals surface area contributed by atoms with Gasteiger partial charge in [-0.05, 0) is 56.5 Å². The third-order valence-electron chi connectivity index (χ3n) is 5.45. The summed E-state index contributed by atoms with van der Waals surface area (Å²) in [5, 5.41) is 17.0. The Bertz CT molecular complexity index is 1030. The van der Waals surface area contributed by atoms with Gasteiger partial charge in [0.05, 0.1) is 0 Å². The molecule has 32 heavy (non-hydrogen) atoms. The van der Waals surface area contributed by atoms with E-state index >= 15 is 0 Å². The van der Waals surface area contributed by atoms with Crippen LogP contribution in [-0.2, 0) is 6.54 Å². The Hall–Kier alpha value is -3.58. The van der Waals surface area contributed by atoms with Crippen LogP contribution in [0.4, 0.5) is 15.0 Å². The molecule has 0 radical (unpaired) electrons. The summed E-state index contributed by atoms with van der Waals surface area (Å²) in [4.78, 5) is 33.7. The van der Waals surface area contributed by atoms with E-state index in [0.717, 1.165) is 18.4 Å². The van der Waals surface area contributed by atoms with Crippen LogP contribution in [0.25, 0.3) is 0 Å². The highest BCUT2D eigenvalue weighted by atomic mass is 19.1. The summed E-state index contributed by atoms with van der Waals surface area (Å²) in [6.45, 7) is 4.03. The van der Waals surface area contributed by atoms with E-state index in [1.165, 1.54) is 13.2 Å². The van der Waals surface area contributed by atoms with Gasteiger partial charge in [0.15, 0.2) is 11.6 Å². The van der Waals surface area contributed by atoms with E-state index in [4.69, 9.17) is 0 Å². The van der Waals surface area contributed by atoms with Crippen LogP contribution < -0.4 is 16.0 Å². The number of urea groups is 1. The minimum absolute atomic E-state index is 0.0933. The lowest BCUT2D eigenvalue weighted by Crippen LogP contribution is -2.33. The van der Waals surface area contributed by atoms with Crippen molar-refractivity contribution in [1.29, 1.82) is 5.26 Å². The monoisotopic (exact) mass is 439 g/mol. The number of aromatic nitrogens is 2. The summed E-state index contributed by atoms with van der Waals surface area (Å²) in [5.74, 6) is -0.821. The molecule has 0 saturated carbocycles. The standard InChI is InChI=1S/C22H26FN7O2/c1-3-26-22(32)29-20-19(23)15(6-9-27-20)13-30-10-7-14(8-11-30)16-4-5-17(21(31)25-2)28-18(16)12-24/h4-6,9,14H,3,7-8,10-11,13H2,1-2H3,(H,25,31)(H2,26,27,29,32). The molecule has 0 bridgehead atoms. The van der Waals surface area contributed by atoms with Gasteiger partial charge in [-0.3, -0.25) is 15.0 Å². The lowest BCUT2D eigenvalue weighted by molar-refractivity contribution is 0.0958. The van der Waals surface area contributed by atoms with E-state index < -0.39 is 11.8 Å². The number of carbonyl (C=O) groups is 2. The molecule has 9 nitrogen and oxygen atoms in total. The van der Waals surface area contributed by atoms with Gasteiger partial charge >= 0.3 is 6.03 Å². The lowest BCUT2D eigenvalue weighted by Gasteiger charge is -2.32. The van der Waals surface area contributed by atoms with Crippen molar-refractivity contribution in [3.63, 3.8) is 0 Å². The van der Waals surface area contributed by atoms with Crippen molar-refractivity contribution in [2.75, 3.05) is 32.0 Å². The molecule has 1 aliphatic rings. The van der Waals surface area contributed by atoms with Gasteiger partial charge in [-0.2, -0.15) is 5.26 Å². The number of nitrogens with zero attached hydrogens (tertiary/aromatic N) is 4. The van der Waals surface area contributed by atoms with Crippen molar-refractivity contribution in [3.8, 4) is 6.07 Å². The van der Waals surface area contributed by atoms with Crippen molar-refractivity contribution >= 4 is 17.8 Å². The van der Waals surface area contributed by atoms with Crippen molar-refractivity contribution in [1.82, 2.24) is 25.5 Å². The largest absolute Gasteiger partial charge is 0.354 e. The van der Waals surface area contributed by atoms with E-state index in [9.17, 15) is 19.2 Å². The molecule has 3 rings (SSSR count). The number of anilines is 1. The third kappa shape index (κ3) is 5.36. The quantitative estimate of drug-likeness (QED) is 0.635. The Labute approximate surface area is 186 Å². The smallest absolute Gasteiger partial charge is 0.320 e. The van der Waals surface area contributed by atoms with Crippen LogP contribution >= 0.6 is 0 Å². The number of amides is 3. The van der Waals surface area contributed by atoms with Gasteiger partial charge in [-0.25, -0.2) is 19.2 Å². The number of carbonyl (C=O) groups excluding carboxylic acids is 2. The first kappa shape index (κ1) is 23.1. The first-order chi connectivity index (χ1) is 15.5. The number of rotatable bonds is 6. The Morgan fingerprint density at radius 2 is 2.03 bits per heavy atom. The van der Waals surface area contributed by atoms with Crippen molar-refractivity contribution in [3.05, 3.63) is 52.7 Å². The molecule has 1 fully saturated rings. The molecule has 10 heteroatoms. The van der Waals surface area contributed by atoms with Crippen LogP contribution in [0.5, 0.6) is 0 Å². The first-order valence-electron chi connectivity index (χ1n) is 10.5. The summed E-state index contributed by atoms with van der Waals surface area (Å²) < 4.78 is 14.8. The highest BCUT2D eigenvalue weighted by Gasteiger charge is 2.25. The van der Waals surface area contributed by atoms with Gasteiger partial charge in [-0.15, -0.1) is 0 Å². The number of nitrogens with one attached hydrogen (secondary N) is 3. The maximum absolute atomic E-state index is 14.8. The number of likely N-dealkylation sites (tertiary alicyclic amines) is 1. The van der Waals surface area contributed by atoms with Crippen LogP contribution in [0.15, 0.2) is 24.4 Å². The second kappa shape index (κ2) is 10.6. The summed E-state index contributed by atoms with van der Waals surface area (Å²) in [7, 11) is 1.52. The molecule has 1 saturated heterocycles. The van der Waals surface area contributed by atoms with Crippen molar-refractivity contribution in [2.24, 2.45) is 0 Å². The molecule has 0 atom stereocenters. The first-order valence-corrected chi connectivity index (χ1v) is 10.5. The summed E-state index contributed by atoms with van der Waals surface area (Å²) >= 11 is 0. The SMILES string of the molecule is CCNC(=O)Nc1nccc(CN2CCC(c3ccc(C(=O)NC)nc3C#N)CC2)c1F. The lowest BCUT2D eigenvalue weighted by atomic mass is 9.88. The predicted molar refractivity (Wildman–Crippen MR) is 116 cm³/mol. The Morgan fingerprint density at radius 3 is 2.69 bits per heavy atom. The predicted octanol–water partition coefficient (Wildman–Crippen LogP) is 2.37. The zero-order chi connectivity index (χ0) is 23.1. The Balaban J connectivity index is 1.64. The maximum atomic E-state index is 14.8. The van der Waals surface area contributed by atoms with Gasteiger partial charge in [0.2, 0.25) is 0 Å². The number of nitriles is 1. The summed E-state index contributed by atoms with van der Waals surface area (Å²) in [6.07, 6.45) is 3.05. The second-order valence-electron chi connectivity index (χ2n) is 7.49. The minimum Gasteiger partial charge on any atom is -0.354 e. The molecule has 0 aromatic carbocycles. The fraction of sp³-hybridized carbons (Fsp3) is 0.409. The van der Waals surface area contributed by atoms with E-state index in [1.54, 1.807) is 25.1 Å². The summed E-state index contributed by atoms with van der Waals surface area (Å²) in [6, 6.07) is 6.65. The molecule has 3 N–H and O–H groups in total. The van der Waals surface area contributed by atoms with Gasteiger partial charge in [-0.1, -0.05) is 6.07 Å². The average Bonchev–Trinajstić information content (AvgIpc) is 2.81. The van der Waals surface area contributed by atoms with Crippen LogP contribution in [0, 0.1) is 17.1 Å². The molecule has 3 amide bonds. The summed E-state index contributed by atoms with van der Waals surface area (Å²) in [5.41, 5.74) is 1.78. The van der Waals surface area contributed by atoms with Crippen LogP contribution in [0.2, 0.25) is 0 Å². The minimum atomic E-state index is -0.540. The molecule has 3 heterocycles. The normalized spacial score (nSPS) is 14.4. The van der Waals surface area contributed by atoms with E-state index in [2.05, 4.69) is 36.9 Å². The zero-order valence-electron chi connectivity index (χ0n) is 18.1. The average molecular weight is 439 g/mol. The number of piperidine rings is 1. The van der Waals surface area contributed by atoms with E-state index in [-0.39, 0.29) is 29.0 Å². The van der Waals surface area contributed by atoms with Crippen LogP contribution in [0.1, 0.15) is 53.0 Å². The number of hydrogen-bond acceptors (Lipinski definition) is 6. The third-order valence-corrected chi connectivity index (χ3v) is 5.45. The topological polar surface area (TPSA) is 123 Å². The van der Waals surface area contributed by atoms with Crippen LogP contribution in [-0.4, -0.2) is 53.5 Å². The number of hydrogen-bond donors (Lipinski definition) is 3. The molecule has 0 unspecified atom stereocenters. The molecular formula is C22H26FN7O2. The van der Waals surface area contributed by atoms with E-state index in [1.807, 2.05) is 0 Å². The highest BCUT2D eigenvalue weighted by Crippen LogP contribution is 2.31. The highest BCUT2D eigenvalue weighted by molar-refractivity contribution is 5.92. The van der Waals surface area contributed by atoms with Gasteiger partial charge in [0.25, 0.3) is 5.91 Å². The Kier molecular flexibility index (Phi) is 7.68. The van der Waals surface area contributed by atoms with Gasteiger partial charge in [0.1, 0.15) is 17.5 Å². The molecule has 1 aliphatic heterocycles.